The summed E-state index contributed by atoms with van der Waals surface area (Å²) in [6, 6.07) is 4.18. The zero-order valence-electron chi connectivity index (χ0n) is 11.9. The van der Waals surface area contributed by atoms with Gasteiger partial charge in [-0.1, -0.05) is 32.1 Å². The van der Waals surface area contributed by atoms with E-state index in [-0.39, 0.29) is 0 Å². The molecule has 0 amide bonds. The van der Waals surface area contributed by atoms with Crippen LogP contribution in [0.5, 0.6) is 0 Å². The Balaban J connectivity index is 2.24. The normalized spacial score (nSPS) is 11.0. The lowest BCUT2D eigenvalue weighted by atomic mass is 10.1. The number of aryl methyl sites for hydroxylation is 1. The highest BCUT2D eigenvalue weighted by Gasteiger charge is 2.11. The van der Waals surface area contributed by atoms with Gasteiger partial charge in [-0.15, -0.1) is 10.2 Å². The van der Waals surface area contributed by atoms with Crippen LogP contribution >= 0.6 is 11.3 Å². The summed E-state index contributed by atoms with van der Waals surface area (Å²) in [7, 11) is 0. The average Bonchev–Trinajstić information content (AvgIpc) is 2.84. The second-order valence-corrected chi connectivity index (χ2v) is 5.84. The average molecular weight is 276 g/mol. The van der Waals surface area contributed by atoms with Crippen molar-refractivity contribution in [1.82, 2.24) is 15.2 Å². The minimum Gasteiger partial charge on any atom is -0.360 e. The summed E-state index contributed by atoms with van der Waals surface area (Å²) in [5, 5.41) is 13.5. The lowest BCUT2D eigenvalue weighted by Crippen LogP contribution is -1.98. The van der Waals surface area contributed by atoms with Crippen molar-refractivity contribution in [3.8, 4) is 10.6 Å². The summed E-state index contributed by atoms with van der Waals surface area (Å²) >= 11 is 1.58. The van der Waals surface area contributed by atoms with Gasteiger partial charge in [0.05, 0.1) is 0 Å². The molecule has 0 fully saturated rings. The maximum absolute atomic E-state index is 4.64. The molecule has 0 aromatic carbocycles. The molecular weight excluding hydrogens is 256 g/mol. The van der Waals surface area contributed by atoms with Gasteiger partial charge in [-0.2, -0.15) is 0 Å². The Morgan fingerprint density at radius 3 is 2.68 bits per heavy atom. The third-order valence-corrected chi connectivity index (χ3v) is 3.79. The van der Waals surface area contributed by atoms with E-state index in [1.54, 1.807) is 11.3 Å². The molecule has 2 aromatic rings. The van der Waals surface area contributed by atoms with Crippen molar-refractivity contribution < 1.29 is 0 Å². The molecule has 19 heavy (non-hydrogen) atoms. The summed E-state index contributed by atoms with van der Waals surface area (Å²) in [5.41, 5.74) is 3.21. The molecule has 0 aliphatic carbocycles. The zero-order valence-corrected chi connectivity index (χ0v) is 12.7. The molecule has 2 heterocycles. The van der Waals surface area contributed by atoms with Crippen LogP contribution in [0.15, 0.2) is 12.1 Å². The predicted octanol–water partition coefficient (Wildman–Crippen LogP) is 3.85. The van der Waals surface area contributed by atoms with Crippen LogP contribution in [0.25, 0.3) is 10.6 Å². The third-order valence-electron chi connectivity index (χ3n) is 2.88. The molecule has 1 N–H and O–H groups in total. The van der Waals surface area contributed by atoms with E-state index in [9.17, 15) is 0 Å². The lowest BCUT2D eigenvalue weighted by molar-refractivity contribution is 0.816. The van der Waals surface area contributed by atoms with Crippen molar-refractivity contribution in [3.05, 3.63) is 23.5 Å². The number of hydrogen-bond acceptors (Lipinski definition) is 5. The number of rotatable bonds is 5. The van der Waals surface area contributed by atoms with E-state index in [1.165, 1.54) is 0 Å². The fraction of sp³-hybridized carbons (Fsp3) is 0.500. The molecule has 2 rings (SSSR count). The van der Waals surface area contributed by atoms with Crippen LogP contribution in [0.2, 0.25) is 0 Å². The summed E-state index contributed by atoms with van der Waals surface area (Å²) in [6.07, 6.45) is 1.08. The zero-order chi connectivity index (χ0) is 13.8. The standard InChI is InChI=1S/C14H20N4S/c1-5-8-15-14-18-17-13(19-14)11-6-7-12(9(2)3)16-10(11)4/h6-7,9H,5,8H2,1-4H3,(H,15,18). The van der Waals surface area contributed by atoms with Crippen LogP contribution in [-0.2, 0) is 0 Å². The number of anilines is 1. The van der Waals surface area contributed by atoms with Gasteiger partial charge in [0, 0.05) is 23.5 Å². The van der Waals surface area contributed by atoms with Crippen molar-refractivity contribution in [2.45, 2.75) is 40.0 Å². The highest BCUT2D eigenvalue weighted by Crippen LogP contribution is 2.29. The van der Waals surface area contributed by atoms with Crippen LogP contribution in [0.1, 0.15) is 44.5 Å². The van der Waals surface area contributed by atoms with E-state index < -0.39 is 0 Å². The van der Waals surface area contributed by atoms with E-state index in [4.69, 9.17) is 0 Å². The van der Waals surface area contributed by atoms with Gasteiger partial charge in [-0.3, -0.25) is 4.98 Å². The Labute approximate surface area is 118 Å². The highest BCUT2D eigenvalue weighted by molar-refractivity contribution is 7.18. The third kappa shape index (κ3) is 3.29. The van der Waals surface area contributed by atoms with Crippen LogP contribution in [-0.4, -0.2) is 21.7 Å². The topological polar surface area (TPSA) is 50.7 Å². The van der Waals surface area contributed by atoms with Gasteiger partial charge in [0.1, 0.15) is 0 Å². The van der Waals surface area contributed by atoms with Crippen LogP contribution in [0.4, 0.5) is 5.13 Å². The van der Waals surface area contributed by atoms with Gasteiger partial charge in [-0.25, -0.2) is 0 Å². The van der Waals surface area contributed by atoms with Gasteiger partial charge in [0.2, 0.25) is 5.13 Å². The number of nitrogens with zero attached hydrogens (tertiary/aromatic N) is 3. The van der Waals surface area contributed by atoms with Crippen LogP contribution < -0.4 is 5.32 Å². The first-order chi connectivity index (χ1) is 9.11. The number of nitrogens with one attached hydrogen (secondary N) is 1. The summed E-state index contributed by atoms with van der Waals surface area (Å²) < 4.78 is 0. The molecule has 0 saturated heterocycles. The summed E-state index contributed by atoms with van der Waals surface area (Å²) in [5.74, 6) is 0.448. The second kappa shape index (κ2) is 6.10. The smallest absolute Gasteiger partial charge is 0.206 e. The molecule has 102 valence electrons. The molecule has 0 aliphatic heterocycles. The van der Waals surface area contributed by atoms with Gasteiger partial charge in [-0.05, 0) is 31.4 Å². The van der Waals surface area contributed by atoms with Gasteiger partial charge in [0.15, 0.2) is 5.01 Å². The molecule has 0 unspecified atom stereocenters. The fourth-order valence-corrected chi connectivity index (χ4v) is 2.61. The Morgan fingerprint density at radius 1 is 1.26 bits per heavy atom. The molecule has 0 aliphatic rings. The largest absolute Gasteiger partial charge is 0.360 e. The first-order valence-corrected chi connectivity index (χ1v) is 7.48. The molecule has 2 aromatic heterocycles. The fourth-order valence-electron chi connectivity index (χ4n) is 1.76. The molecular formula is C14H20N4S. The first-order valence-electron chi connectivity index (χ1n) is 6.67. The Bertz CT molecular complexity index is 548. The predicted molar refractivity (Wildman–Crippen MR) is 80.7 cm³/mol. The van der Waals surface area contributed by atoms with Gasteiger partial charge in [0.25, 0.3) is 0 Å². The maximum atomic E-state index is 4.64. The van der Waals surface area contributed by atoms with Crippen molar-refractivity contribution in [2.75, 3.05) is 11.9 Å². The number of hydrogen-bond donors (Lipinski definition) is 1. The molecule has 4 nitrogen and oxygen atoms in total. The van der Waals surface area contributed by atoms with Gasteiger partial charge < -0.3 is 5.32 Å². The molecule has 0 radical (unpaired) electrons. The van der Waals surface area contributed by atoms with Crippen molar-refractivity contribution >= 4 is 16.5 Å². The second-order valence-electron chi connectivity index (χ2n) is 4.86. The monoisotopic (exact) mass is 276 g/mol. The van der Waals surface area contributed by atoms with Gasteiger partial charge >= 0.3 is 0 Å². The van der Waals surface area contributed by atoms with Crippen molar-refractivity contribution in [2.24, 2.45) is 0 Å². The highest BCUT2D eigenvalue weighted by atomic mass is 32.1. The molecule has 0 atom stereocenters. The first kappa shape index (κ1) is 13.9. The minimum atomic E-state index is 0.448. The molecule has 0 spiro atoms. The SMILES string of the molecule is CCCNc1nnc(-c2ccc(C(C)C)nc2C)s1. The van der Waals surface area contributed by atoms with E-state index >= 15 is 0 Å². The number of aromatic nitrogens is 3. The van der Waals surface area contributed by atoms with Crippen LogP contribution in [0, 0.1) is 6.92 Å². The van der Waals surface area contributed by atoms with Crippen molar-refractivity contribution in [1.29, 1.82) is 0 Å². The number of pyridine rings is 1. The Morgan fingerprint density at radius 2 is 2.05 bits per heavy atom. The Kier molecular flexibility index (Phi) is 4.47. The molecule has 0 saturated carbocycles. The quantitative estimate of drug-likeness (QED) is 0.901. The minimum absolute atomic E-state index is 0.448. The Hall–Kier alpha value is -1.49. The van der Waals surface area contributed by atoms with E-state index in [0.29, 0.717) is 5.92 Å². The molecule has 0 bridgehead atoms. The van der Waals surface area contributed by atoms with E-state index in [0.717, 1.165) is 40.1 Å². The lowest BCUT2D eigenvalue weighted by Gasteiger charge is -2.07. The molecule has 5 heteroatoms. The van der Waals surface area contributed by atoms with Crippen LogP contribution in [0.3, 0.4) is 0 Å². The van der Waals surface area contributed by atoms with E-state index in [2.05, 4.69) is 53.4 Å². The van der Waals surface area contributed by atoms with Crippen molar-refractivity contribution in [3.63, 3.8) is 0 Å². The summed E-state index contributed by atoms with van der Waals surface area (Å²) in [6.45, 7) is 9.39. The van der Waals surface area contributed by atoms with E-state index in [1.807, 2.05) is 6.92 Å². The summed E-state index contributed by atoms with van der Waals surface area (Å²) in [4.78, 5) is 4.64. The maximum Gasteiger partial charge on any atom is 0.206 e.